The van der Waals surface area contributed by atoms with E-state index in [9.17, 15) is 0 Å². The minimum absolute atomic E-state index is 0.174. The Kier molecular flexibility index (Phi) is 3.59. The molecular formula is C13H20N2O. The molecule has 0 aromatic heterocycles. The van der Waals surface area contributed by atoms with Crippen molar-refractivity contribution in [1.82, 2.24) is 4.90 Å². The number of morpholine rings is 1. The van der Waals surface area contributed by atoms with Gasteiger partial charge in [0.15, 0.2) is 0 Å². The Hall–Kier alpha value is -0.900. The first-order valence-corrected chi connectivity index (χ1v) is 5.82. The summed E-state index contributed by atoms with van der Waals surface area (Å²) in [4.78, 5) is 2.41. The van der Waals surface area contributed by atoms with E-state index in [1.807, 2.05) is 6.07 Å². The van der Waals surface area contributed by atoms with Gasteiger partial charge in [-0.3, -0.25) is 4.90 Å². The second kappa shape index (κ2) is 4.95. The molecule has 1 heterocycles. The summed E-state index contributed by atoms with van der Waals surface area (Å²) in [5.74, 6) is 0. The fraction of sp³-hybridized carbons (Fsp3) is 0.538. The molecule has 0 saturated carbocycles. The lowest BCUT2D eigenvalue weighted by Crippen LogP contribution is -2.53. The van der Waals surface area contributed by atoms with Crippen molar-refractivity contribution < 1.29 is 4.74 Å². The van der Waals surface area contributed by atoms with Gasteiger partial charge in [-0.2, -0.15) is 0 Å². The summed E-state index contributed by atoms with van der Waals surface area (Å²) in [6, 6.07) is 10.5. The van der Waals surface area contributed by atoms with E-state index in [0.29, 0.717) is 6.54 Å². The highest BCUT2D eigenvalue weighted by molar-refractivity contribution is 5.14. The molecule has 0 aliphatic carbocycles. The molecule has 0 bridgehead atoms. The van der Waals surface area contributed by atoms with Gasteiger partial charge in [-0.25, -0.2) is 0 Å². The van der Waals surface area contributed by atoms with Crippen LogP contribution in [0, 0.1) is 0 Å². The van der Waals surface area contributed by atoms with E-state index in [-0.39, 0.29) is 5.60 Å². The smallest absolute Gasteiger partial charge is 0.0902 e. The molecule has 0 radical (unpaired) electrons. The van der Waals surface area contributed by atoms with Gasteiger partial charge in [0, 0.05) is 26.2 Å². The minimum atomic E-state index is -0.174. The quantitative estimate of drug-likeness (QED) is 0.833. The highest BCUT2D eigenvalue weighted by Crippen LogP contribution is 2.17. The summed E-state index contributed by atoms with van der Waals surface area (Å²) in [6.45, 7) is 6.34. The third-order valence-electron chi connectivity index (χ3n) is 3.10. The molecule has 88 valence electrons. The van der Waals surface area contributed by atoms with E-state index in [4.69, 9.17) is 10.5 Å². The molecule has 1 unspecified atom stereocenters. The first-order chi connectivity index (χ1) is 7.72. The van der Waals surface area contributed by atoms with Gasteiger partial charge in [-0.15, -0.1) is 0 Å². The van der Waals surface area contributed by atoms with Crippen LogP contribution >= 0.6 is 0 Å². The van der Waals surface area contributed by atoms with Crippen LogP contribution in [0.1, 0.15) is 12.5 Å². The van der Waals surface area contributed by atoms with Crippen molar-refractivity contribution in [2.75, 3.05) is 26.2 Å². The topological polar surface area (TPSA) is 38.5 Å². The lowest BCUT2D eigenvalue weighted by atomic mass is 10.0. The van der Waals surface area contributed by atoms with E-state index in [0.717, 1.165) is 26.2 Å². The van der Waals surface area contributed by atoms with E-state index < -0.39 is 0 Å². The van der Waals surface area contributed by atoms with Crippen LogP contribution < -0.4 is 5.73 Å². The number of ether oxygens (including phenoxy) is 1. The predicted molar refractivity (Wildman–Crippen MR) is 65.1 cm³/mol. The lowest BCUT2D eigenvalue weighted by Gasteiger charge is -2.39. The normalized spacial score (nSPS) is 26.9. The molecule has 1 atom stereocenters. The summed E-state index contributed by atoms with van der Waals surface area (Å²) >= 11 is 0. The summed E-state index contributed by atoms with van der Waals surface area (Å²) in [6.07, 6.45) is 0. The molecule has 2 N–H and O–H groups in total. The van der Waals surface area contributed by atoms with Gasteiger partial charge in [-0.05, 0) is 12.5 Å². The van der Waals surface area contributed by atoms with Crippen LogP contribution in [-0.2, 0) is 11.3 Å². The van der Waals surface area contributed by atoms with Crippen LogP contribution in [0.2, 0.25) is 0 Å². The van der Waals surface area contributed by atoms with Crippen molar-refractivity contribution >= 4 is 0 Å². The van der Waals surface area contributed by atoms with Crippen LogP contribution in [0.4, 0.5) is 0 Å². The SMILES string of the molecule is CC1(CN)CN(Cc2ccccc2)CCO1. The van der Waals surface area contributed by atoms with Gasteiger partial charge in [-0.1, -0.05) is 30.3 Å². The average molecular weight is 220 g/mol. The number of benzene rings is 1. The largest absolute Gasteiger partial charge is 0.371 e. The summed E-state index contributed by atoms with van der Waals surface area (Å²) in [5.41, 5.74) is 6.92. The molecule has 16 heavy (non-hydrogen) atoms. The van der Waals surface area contributed by atoms with Crippen molar-refractivity contribution in [1.29, 1.82) is 0 Å². The standard InChI is InChI=1S/C13H20N2O/c1-13(10-14)11-15(7-8-16-13)9-12-5-3-2-4-6-12/h2-6H,7-11,14H2,1H3. The molecule has 0 amide bonds. The third-order valence-corrected chi connectivity index (χ3v) is 3.10. The van der Waals surface area contributed by atoms with Crippen LogP contribution in [-0.4, -0.2) is 36.7 Å². The maximum absolute atomic E-state index is 5.74. The molecule has 1 aromatic carbocycles. The second-order valence-corrected chi connectivity index (χ2v) is 4.70. The monoisotopic (exact) mass is 220 g/mol. The zero-order valence-corrected chi connectivity index (χ0v) is 9.86. The van der Waals surface area contributed by atoms with E-state index in [1.165, 1.54) is 5.56 Å². The Morgan fingerprint density at radius 3 is 2.81 bits per heavy atom. The van der Waals surface area contributed by atoms with Gasteiger partial charge in [0.05, 0.1) is 12.2 Å². The third kappa shape index (κ3) is 2.82. The van der Waals surface area contributed by atoms with Gasteiger partial charge in [0.25, 0.3) is 0 Å². The van der Waals surface area contributed by atoms with E-state index in [1.54, 1.807) is 0 Å². The summed E-state index contributed by atoms with van der Waals surface area (Å²) in [7, 11) is 0. The molecule has 0 spiro atoms. The number of rotatable bonds is 3. The molecule has 1 saturated heterocycles. The van der Waals surface area contributed by atoms with Crippen molar-refractivity contribution in [3.05, 3.63) is 35.9 Å². The van der Waals surface area contributed by atoms with Crippen LogP contribution in [0.5, 0.6) is 0 Å². The van der Waals surface area contributed by atoms with Crippen molar-refractivity contribution in [2.24, 2.45) is 5.73 Å². The molecule has 1 aliphatic heterocycles. The summed E-state index contributed by atoms with van der Waals surface area (Å²) in [5, 5.41) is 0. The van der Waals surface area contributed by atoms with Gasteiger partial charge >= 0.3 is 0 Å². The van der Waals surface area contributed by atoms with Crippen LogP contribution in [0.15, 0.2) is 30.3 Å². The maximum Gasteiger partial charge on any atom is 0.0902 e. The van der Waals surface area contributed by atoms with Crippen LogP contribution in [0.3, 0.4) is 0 Å². The number of nitrogens with two attached hydrogens (primary N) is 1. The number of hydrogen-bond acceptors (Lipinski definition) is 3. The first-order valence-electron chi connectivity index (χ1n) is 5.82. The molecule has 2 rings (SSSR count). The average Bonchev–Trinajstić information content (AvgIpc) is 2.30. The Morgan fingerprint density at radius 1 is 1.38 bits per heavy atom. The zero-order chi connectivity index (χ0) is 11.4. The van der Waals surface area contributed by atoms with Gasteiger partial charge in [0.2, 0.25) is 0 Å². The molecular weight excluding hydrogens is 200 g/mol. The predicted octanol–water partition coefficient (Wildman–Crippen LogP) is 1.24. The Balaban J connectivity index is 1.96. The minimum Gasteiger partial charge on any atom is -0.371 e. The molecule has 3 heteroatoms. The molecule has 3 nitrogen and oxygen atoms in total. The van der Waals surface area contributed by atoms with Crippen molar-refractivity contribution in [2.45, 2.75) is 19.1 Å². The Bertz CT molecular complexity index is 328. The highest BCUT2D eigenvalue weighted by Gasteiger charge is 2.30. The van der Waals surface area contributed by atoms with Crippen molar-refractivity contribution in [3.8, 4) is 0 Å². The van der Waals surface area contributed by atoms with Gasteiger partial charge in [0.1, 0.15) is 0 Å². The highest BCUT2D eigenvalue weighted by atomic mass is 16.5. The Morgan fingerprint density at radius 2 is 2.12 bits per heavy atom. The molecule has 1 fully saturated rings. The summed E-state index contributed by atoms with van der Waals surface area (Å²) < 4.78 is 5.72. The van der Waals surface area contributed by atoms with Gasteiger partial charge < -0.3 is 10.5 Å². The molecule has 1 aliphatic rings. The first kappa shape index (κ1) is 11.6. The number of hydrogen-bond donors (Lipinski definition) is 1. The van der Waals surface area contributed by atoms with Crippen LogP contribution in [0.25, 0.3) is 0 Å². The maximum atomic E-state index is 5.74. The fourth-order valence-electron chi connectivity index (χ4n) is 2.12. The van der Waals surface area contributed by atoms with Crippen molar-refractivity contribution in [3.63, 3.8) is 0 Å². The fourth-order valence-corrected chi connectivity index (χ4v) is 2.12. The second-order valence-electron chi connectivity index (χ2n) is 4.70. The number of nitrogens with zero attached hydrogens (tertiary/aromatic N) is 1. The lowest BCUT2D eigenvalue weighted by molar-refractivity contribution is -0.0937. The molecule has 1 aromatic rings. The van der Waals surface area contributed by atoms with E-state index >= 15 is 0 Å². The van der Waals surface area contributed by atoms with E-state index in [2.05, 4.69) is 36.1 Å². The zero-order valence-electron chi connectivity index (χ0n) is 9.86. The Labute approximate surface area is 97.2 Å².